The number of ether oxygens (including phenoxy) is 3. The van der Waals surface area contributed by atoms with Crippen molar-refractivity contribution >= 4 is 11.9 Å². The number of carbonyl (C=O) groups excluding carboxylic acids is 2. The second-order valence-electron chi connectivity index (χ2n) is 9.72. The predicted molar refractivity (Wildman–Crippen MR) is 108 cm³/mol. The summed E-state index contributed by atoms with van der Waals surface area (Å²) < 4.78 is 17.3. The van der Waals surface area contributed by atoms with Crippen molar-refractivity contribution in [3.63, 3.8) is 0 Å². The Balaban J connectivity index is 1.97. The monoisotopic (exact) mass is 406 g/mol. The van der Waals surface area contributed by atoms with Gasteiger partial charge in [-0.1, -0.05) is 25.2 Å². The van der Waals surface area contributed by atoms with E-state index < -0.39 is 11.2 Å². The van der Waals surface area contributed by atoms with E-state index in [9.17, 15) is 14.7 Å². The lowest BCUT2D eigenvalue weighted by Crippen LogP contribution is -2.56. The zero-order chi connectivity index (χ0) is 21.4. The molecule has 1 aliphatic heterocycles. The molecule has 0 radical (unpaired) electrons. The minimum Gasteiger partial charge on any atom is -0.462 e. The third-order valence-corrected chi connectivity index (χ3v) is 6.95. The average molecular weight is 407 g/mol. The standard InChI is InChI=1S/C23H34O6/c1-15(24)29-18-9-12-23(27-5)14-22(18,4)11-8-17-16(7-6-10-21(2,3)26)13-28-20(25)19(17)23/h6-7,10,17-19,26H,8-9,11-14H2,1-5H3. The number of esters is 2. The minimum absolute atomic E-state index is 0.0144. The van der Waals surface area contributed by atoms with Gasteiger partial charge >= 0.3 is 11.9 Å². The molecule has 1 N–H and O–H groups in total. The first-order valence-corrected chi connectivity index (χ1v) is 10.5. The van der Waals surface area contributed by atoms with Crippen LogP contribution in [0.2, 0.25) is 0 Å². The average Bonchev–Trinajstić information content (AvgIpc) is 2.72. The summed E-state index contributed by atoms with van der Waals surface area (Å²) in [7, 11) is 1.68. The summed E-state index contributed by atoms with van der Waals surface area (Å²) >= 11 is 0. The molecule has 0 spiro atoms. The van der Waals surface area contributed by atoms with Gasteiger partial charge in [-0.15, -0.1) is 0 Å². The smallest absolute Gasteiger partial charge is 0.312 e. The molecule has 29 heavy (non-hydrogen) atoms. The SMILES string of the molecule is COC12CCC(OC(C)=O)C(C)(CCC3C(=CC=CC(C)(C)O)COC(=O)C31)C2. The van der Waals surface area contributed by atoms with Crippen LogP contribution in [-0.4, -0.2) is 48.1 Å². The molecule has 0 aromatic heterocycles. The summed E-state index contributed by atoms with van der Waals surface area (Å²) in [6.07, 6.45) is 9.01. The van der Waals surface area contributed by atoms with Gasteiger partial charge in [-0.3, -0.25) is 9.59 Å². The van der Waals surface area contributed by atoms with Gasteiger partial charge in [-0.05, 0) is 57.4 Å². The lowest BCUT2D eigenvalue weighted by molar-refractivity contribution is -0.191. The maximum Gasteiger partial charge on any atom is 0.312 e. The van der Waals surface area contributed by atoms with E-state index in [2.05, 4.69) is 6.92 Å². The van der Waals surface area contributed by atoms with Crippen LogP contribution in [0.15, 0.2) is 23.8 Å². The Bertz CT molecular complexity index is 717. The maximum atomic E-state index is 12.9. The second kappa shape index (κ2) is 7.88. The molecule has 3 aliphatic rings. The first-order chi connectivity index (χ1) is 13.5. The van der Waals surface area contributed by atoms with Crippen LogP contribution in [0.4, 0.5) is 0 Å². The molecular weight excluding hydrogens is 372 g/mol. The Morgan fingerprint density at radius 1 is 1.31 bits per heavy atom. The van der Waals surface area contributed by atoms with Crippen molar-refractivity contribution < 1.29 is 28.9 Å². The Labute approximate surface area is 173 Å². The first kappa shape index (κ1) is 22.0. The van der Waals surface area contributed by atoms with Gasteiger partial charge in [0, 0.05) is 19.4 Å². The first-order valence-electron chi connectivity index (χ1n) is 10.5. The number of fused-ring (bicyclic) bond motifs is 4. The lowest BCUT2D eigenvalue weighted by Gasteiger charge is -2.50. The molecule has 0 aromatic carbocycles. The van der Waals surface area contributed by atoms with Crippen LogP contribution in [0.3, 0.4) is 0 Å². The topological polar surface area (TPSA) is 82.1 Å². The van der Waals surface area contributed by atoms with Crippen molar-refractivity contribution in [2.45, 2.75) is 77.1 Å². The van der Waals surface area contributed by atoms with E-state index in [1.807, 2.05) is 12.2 Å². The number of hydrogen-bond donors (Lipinski definition) is 1. The van der Waals surface area contributed by atoms with E-state index in [0.717, 1.165) is 18.4 Å². The molecule has 1 saturated heterocycles. The molecule has 0 aromatic rings. The zero-order valence-corrected chi connectivity index (χ0v) is 18.2. The van der Waals surface area contributed by atoms with Crippen LogP contribution in [0, 0.1) is 17.3 Å². The number of rotatable bonds is 4. The molecule has 5 atom stereocenters. The van der Waals surface area contributed by atoms with Gasteiger partial charge in [-0.2, -0.15) is 0 Å². The van der Waals surface area contributed by atoms with Crippen LogP contribution in [0.5, 0.6) is 0 Å². The zero-order valence-electron chi connectivity index (χ0n) is 18.2. The van der Waals surface area contributed by atoms with Gasteiger partial charge in [0.2, 0.25) is 0 Å². The van der Waals surface area contributed by atoms with Crippen molar-refractivity contribution in [3.05, 3.63) is 23.8 Å². The van der Waals surface area contributed by atoms with Gasteiger partial charge in [0.15, 0.2) is 0 Å². The van der Waals surface area contributed by atoms with Crippen molar-refractivity contribution in [2.75, 3.05) is 13.7 Å². The van der Waals surface area contributed by atoms with Crippen molar-refractivity contribution in [1.29, 1.82) is 0 Å². The molecule has 1 heterocycles. The van der Waals surface area contributed by atoms with Crippen LogP contribution in [-0.2, 0) is 23.8 Å². The number of methoxy groups -OCH3 is 1. The second-order valence-corrected chi connectivity index (χ2v) is 9.72. The van der Waals surface area contributed by atoms with Crippen molar-refractivity contribution in [2.24, 2.45) is 17.3 Å². The summed E-state index contributed by atoms with van der Waals surface area (Å²) in [6, 6.07) is 0. The fraction of sp³-hybridized carbons (Fsp3) is 0.739. The van der Waals surface area contributed by atoms with Gasteiger partial charge < -0.3 is 19.3 Å². The summed E-state index contributed by atoms with van der Waals surface area (Å²) in [5.74, 6) is -0.820. The quantitative estimate of drug-likeness (QED) is 0.721. The minimum atomic E-state index is -0.902. The molecule has 0 amide bonds. The third-order valence-electron chi connectivity index (χ3n) is 6.95. The third kappa shape index (κ3) is 4.43. The molecule has 3 rings (SSSR count). The van der Waals surface area contributed by atoms with E-state index >= 15 is 0 Å². The fourth-order valence-electron chi connectivity index (χ4n) is 5.55. The highest BCUT2D eigenvalue weighted by atomic mass is 16.6. The van der Waals surface area contributed by atoms with Crippen LogP contribution in [0.25, 0.3) is 0 Å². The summed E-state index contributed by atoms with van der Waals surface area (Å²) in [6.45, 7) is 7.30. The van der Waals surface area contributed by atoms with Crippen LogP contribution < -0.4 is 0 Å². The highest BCUT2D eigenvalue weighted by molar-refractivity contribution is 5.76. The summed E-state index contributed by atoms with van der Waals surface area (Å²) in [4.78, 5) is 24.6. The normalized spacial score (nSPS) is 39.0. The molecular formula is C23H34O6. The fourth-order valence-corrected chi connectivity index (χ4v) is 5.55. The van der Waals surface area contributed by atoms with Gasteiger partial charge in [0.1, 0.15) is 12.7 Å². The number of hydrogen-bond acceptors (Lipinski definition) is 6. The van der Waals surface area contributed by atoms with E-state index in [1.54, 1.807) is 27.0 Å². The van der Waals surface area contributed by atoms with E-state index in [-0.39, 0.29) is 41.9 Å². The lowest BCUT2D eigenvalue weighted by atomic mass is 9.62. The molecule has 5 unspecified atom stereocenters. The van der Waals surface area contributed by atoms with Crippen LogP contribution in [0.1, 0.15) is 59.8 Å². The molecule has 6 heteroatoms. The maximum absolute atomic E-state index is 12.9. The van der Waals surface area contributed by atoms with Crippen molar-refractivity contribution in [3.8, 4) is 0 Å². The van der Waals surface area contributed by atoms with E-state index in [0.29, 0.717) is 19.3 Å². The Morgan fingerprint density at radius 3 is 2.66 bits per heavy atom. The van der Waals surface area contributed by atoms with Gasteiger partial charge in [0.25, 0.3) is 0 Å². The van der Waals surface area contributed by atoms with Crippen molar-refractivity contribution in [1.82, 2.24) is 0 Å². The van der Waals surface area contributed by atoms with E-state index in [4.69, 9.17) is 14.2 Å². The molecule has 2 saturated carbocycles. The largest absolute Gasteiger partial charge is 0.462 e. The van der Waals surface area contributed by atoms with Crippen LogP contribution >= 0.6 is 0 Å². The Kier molecular flexibility index (Phi) is 5.98. The Morgan fingerprint density at radius 2 is 2.03 bits per heavy atom. The number of aliphatic hydroxyl groups is 1. The highest BCUT2D eigenvalue weighted by Gasteiger charge is 2.60. The molecule has 3 fully saturated rings. The number of carbonyl (C=O) groups is 2. The Hall–Kier alpha value is -1.66. The number of cyclic esters (lactones) is 1. The molecule has 6 nitrogen and oxygen atoms in total. The van der Waals surface area contributed by atoms with E-state index in [1.165, 1.54) is 6.92 Å². The predicted octanol–water partition coefficient (Wildman–Crippen LogP) is 3.33. The van der Waals surface area contributed by atoms with Gasteiger partial charge in [-0.25, -0.2) is 0 Å². The summed E-state index contributed by atoms with van der Waals surface area (Å²) in [5, 5.41) is 9.94. The molecule has 2 bridgehead atoms. The van der Waals surface area contributed by atoms with Gasteiger partial charge in [0.05, 0.1) is 17.1 Å². The highest BCUT2D eigenvalue weighted by Crippen LogP contribution is 2.57. The molecule has 2 aliphatic carbocycles. The number of allylic oxidation sites excluding steroid dienone is 2. The molecule has 162 valence electrons. The summed E-state index contributed by atoms with van der Waals surface area (Å²) in [5.41, 5.74) is -0.721.